The van der Waals surface area contributed by atoms with Gasteiger partial charge in [0.25, 0.3) is 0 Å². The van der Waals surface area contributed by atoms with Gasteiger partial charge in [0.05, 0.1) is 23.8 Å². The molecule has 1 N–H and O–H groups in total. The van der Waals surface area contributed by atoms with Gasteiger partial charge in [0, 0.05) is 18.5 Å². The van der Waals surface area contributed by atoms with Gasteiger partial charge >= 0.3 is 0 Å². The standard InChI is InChI=1S/C15H14N4O2/c1-10-13-8-11(9-16-15(13)19(2)18-10)17-14(20)6-5-12-4-3-7-21-12/h3-9H,1-2H3,(H,17,20). The molecule has 0 saturated carbocycles. The second-order valence-corrected chi connectivity index (χ2v) is 4.64. The largest absolute Gasteiger partial charge is 0.465 e. The van der Waals surface area contributed by atoms with E-state index in [-0.39, 0.29) is 5.91 Å². The van der Waals surface area contributed by atoms with Gasteiger partial charge in [-0.3, -0.25) is 9.48 Å². The van der Waals surface area contributed by atoms with Gasteiger partial charge in [0.2, 0.25) is 5.91 Å². The number of nitrogens with one attached hydrogen (secondary N) is 1. The Bertz CT molecular complexity index is 816. The van der Waals surface area contributed by atoms with Crippen LogP contribution < -0.4 is 5.32 Å². The topological polar surface area (TPSA) is 73.0 Å². The van der Waals surface area contributed by atoms with Crippen LogP contribution in [0, 0.1) is 6.92 Å². The van der Waals surface area contributed by atoms with E-state index in [0.29, 0.717) is 11.4 Å². The minimum absolute atomic E-state index is 0.242. The van der Waals surface area contributed by atoms with Gasteiger partial charge in [-0.25, -0.2) is 4.98 Å². The minimum Gasteiger partial charge on any atom is -0.465 e. The highest BCUT2D eigenvalue weighted by atomic mass is 16.3. The molecule has 0 fully saturated rings. The second kappa shape index (κ2) is 5.24. The smallest absolute Gasteiger partial charge is 0.248 e. The molecule has 0 radical (unpaired) electrons. The zero-order chi connectivity index (χ0) is 14.8. The fourth-order valence-electron chi connectivity index (χ4n) is 2.10. The number of carbonyl (C=O) groups is 1. The van der Waals surface area contributed by atoms with Gasteiger partial charge in [-0.05, 0) is 31.2 Å². The average Bonchev–Trinajstić information content (AvgIpc) is 3.06. The summed E-state index contributed by atoms with van der Waals surface area (Å²) in [7, 11) is 1.84. The molecule has 0 aromatic carbocycles. The van der Waals surface area contributed by atoms with Crippen molar-refractivity contribution in [1.29, 1.82) is 0 Å². The molecule has 0 atom stereocenters. The number of amides is 1. The fourth-order valence-corrected chi connectivity index (χ4v) is 2.10. The number of anilines is 1. The van der Waals surface area contributed by atoms with E-state index in [1.807, 2.05) is 20.0 Å². The summed E-state index contributed by atoms with van der Waals surface area (Å²) in [6, 6.07) is 5.40. The highest BCUT2D eigenvalue weighted by molar-refractivity contribution is 6.02. The summed E-state index contributed by atoms with van der Waals surface area (Å²) in [6.45, 7) is 1.91. The Balaban J connectivity index is 1.78. The summed E-state index contributed by atoms with van der Waals surface area (Å²) in [6.07, 6.45) is 6.19. The lowest BCUT2D eigenvalue weighted by Gasteiger charge is -2.02. The van der Waals surface area contributed by atoms with Crippen molar-refractivity contribution in [2.75, 3.05) is 5.32 Å². The minimum atomic E-state index is -0.242. The van der Waals surface area contributed by atoms with Crippen LogP contribution in [0.5, 0.6) is 0 Å². The predicted octanol–water partition coefficient (Wildman–Crippen LogP) is 2.52. The van der Waals surface area contributed by atoms with E-state index in [9.17, 15) is 4.79 Å². The number of furan rings is 1. The van der Waals surface area contributed by atoms with E-state index in [0.717, 1.165) is 16.7 Å². The molecule has 0 aliphatic carbocycles. The molecule has 0 bridgehead atoms. The lowest BCUT2D eigenvalue weighted by molar-refractivity contribution is -0.111. The van der Waals surface area contributed by atoms with Crippen LogP contribution in [0.25, 0.3) is 17.1 Å². The molecule has 0 aliphatic heterocycles. The Labute approximate surface area is 121 Å². The van der Waals surface area contributed by atoms with Crippen molar-refractivity contribution in [3.05, 3.63) is 48.2 Å². The molecule has 6 nitrogen and oxygen atoms in total. The molecule has 3 aromatic rings. The van der Waals surface area contributed by atoms with E-state index in [1.165, 1.54) is 6.08 Å². The zero-order valence-electron chi connectivity index (χ0n) is 11.7. The molecule has 21 heavy (non-hydrogen) atoms. The summed E-state index contributed by atoms with van der Waals surface area (Å²) in [5.74, 6) is 0.385. The number of pyridine rings is 1. The van der Waals surface area contributed by atoms with Gasteiger partial charge in [0.15, 0.2) is 5.65 Å². The van der Waals surface area contributed by atoms with E-state index in [1.54, 1.807) is 35.4 Å². The van der Waals surface area contributed by atoms with E-state index in [4.69, 9.17) is 4.42 Å². The zero-order valence-corrected chi connectivity index (χ0v) is 11.7. The summed E-state index contributed by atoms with van der Waals surface area (Å²) in [4.78, 5) is 16.2. The monoisotopic (exact) mass is 282 g/mol. The maximum atomic E-state index is 11.8. The average molecular weight is 282 g/mol. The van der Waals surface area contributed by atoms with E-state index >= 15 is 0 Å². The van der Waals surface area contributed by atoms with Crippen LogP contribution >= 0.6 is 0 Å². The number of aryl methyl sites for hydroxylation is 2. The Hall–Kier alpha value is -2.89. The third kappa shape index (κ3) is 2.69. The van der Waals surface area contributed by atoms with Crippen LogP contribution in [0.1, 0.15) is 11.5 Å². The quantitative estimate of drug-likeness (QED) is 0.749. The van der Waals surface area contributed by atoms with Crippen molar-refractivity contribution in [3.63, 3.8) is 0 Å². The summed E-state index contributed by atoms with van der Waals surface area (Å²) in [5.41, 5.74) is 2.30. The number of fused-ring (bicyclic) bond motifs is 1. The van der Waals surface area contributed by atoms with Crippen molar-refractivity contribution in [3.8, 4) is 0 Å². The predicted molar refractivity (Wildman–Crippen MR) is 79.6 cm³/mol. The lowest BCUT2D eigenvalue weighted by Crippen LogP contribution is -2.08. The Kier molecular flexibility index (Phi) is 3.27. The Morgan fingerprint density at radius 3 is 3.10 bits per heavy atom. The second-order valence-electron chi connectivity index (χ2n) is 4.64. The van der Waals surface area contributed by atoms with Crippen LogP contribution in [0.4, 0.5) is 5.69 Å². The molecule has 0 unspecified atom stereocenters. The molecule has 106 valence electrons. The third-order valence-electron chi connectivity index (χ3n) is 3.07. The van der Waals surface area contributed by atoms with Crippen molar-refractivity contribution in [1.82, 2.24) is 14.8 Å². The maximum Gasteiger partial charge on any atom is 0.248 e. The number of hydrogen-bond donors (Lipinski definition) is 1. The first-order chi connectivity index (χ1) is 10.1. The van der Waals surface area contributed by atoms with Crippen molar-refractivity contribution < 1.29 is 9.21 Å². The highest BCUT2D eigenvalue weighted by Gasteiger charge is 2.07. The first kappa shape index (κ1) is 13.1. The number of rotatable bonds is 3. The highest BCUT2D eigenvalue weighted by Crippen LogP contribution is 2.19. The molecule has 6 heteroatoms. The summed E-state index contributed by atoms with van der Waals surface area (Å²) >= 11 is 0. The van der Waals surface area contributed by atoms with Crippen LogP contribution in [-0.2, 0) is 11.8 Å². The van der Waals surface area contributed by atoms with Crippen molar-refractivity contribution in [2.45, 2.75) is 6.92 Å². The van der Waals surface area contributed by atoms with Gasteiger partial charge in [-0.2, -0.15) is 5.10 Å². The molecular weight excluding hydrogens is 268 g/mol. The maximum absolute atomic E-state index is 11.8. The first-order valence-electron chi connectivity index (χ1n) is 6.45. The number of aromatic nitrogens is 3. The van der Waals surface area contributed by atoms with Gasteiger partial charge in [-0.15, -0.1) is 0 Å². The molecule has 3 heterocycles. The number of carbonyl (C=O) groups excluding carboxylic acids is 1. The molecule has 0 spiro atoms. The van der Waals surface area contributed by atoms with Crippen LogP contribution in [0.2, 0.25) is 0 Å². The van der Waals surface area contributed by atoms with Gasteiger partial charge < -0.3 is 9.73 Å². The summed E-state index contributed by atoms with van der Waals surface area (Å²) < 4.78 is 6.84. The number of nitrogens with zero attached hydrogens (tertiary/aromatic N) is 3. The molecule has 3 aromatic heterocycles. The summed E-state index contributed by atoms with van der Waals surface area (Å²) in [5, 5.41) is 7.98. The lowest BCUT2D eigenvalue weighted by atomic mass is 10.2. The van der Waals surface area contributed by atoms with Crippen LogP contribution in [-0.4, -0.2) is 20.7 Å². The molecule has 3 rings (SSSR count). The van der Waals surface area contributed by atoms with Crippen LogP contribution in [0.3, 0.4) is 0 Å². The van der Waals surface area contributed by atoms with Crippen LogP contribution in [0.15, 0.2) is 41.2 Å². The van der Waals surface area contributed by atoms with E-state index < -0.39 is 0 Å². The molecule has 0 aliphatic rings. The molecule has 0 saturated heterocycles. The molecule has 1 amide bonds. The van der Waals surface area contributed by atoms with Crippen molar-refractivity contribution in [2.24, 2.45) is 7.05 Å². The third-order valence-corrected chi connectivity index (χ3v) is 3.07. The van der Waals surface area contributed by atoms with Crippen molar-refractivity contribution >= 4 is 28.7 Å². The van der Waals surface area contributed by atoms with Gasteiger partial charge in [-0.1, -0.05) is 0 Å². The van der Waals surface area contributed by atoms with Gasteiger partial charge in [0.1, 0.15) is 5.76 Å². The van der Waals surface area contributed by atoms with E-state index in [2.05, 4.69) is 15.4 Å². The molecular formula is C15H14N4O2. The Morgan fingerprint density at radius 2 is 2.33 bits per heavy atom. The Morgan fingerprint density at radius 1 is 1.48 bits per heavy atom. The fraction of sp³-hybridized carbons (Fsp3) is 0.133. The first-order valence-corrected chi connectivity index (χ1v) is 6.45. The normalized spacial score (nSPS) is 11.3. The number of hydrogen-bond acceptors (Lipinski definition) is 4. The SMILES string of the molecule is Cc1nn(C)c2ncc(NC(=O)C=Cc3ccco3)cc12.